The Labute approximate surface area is 163 Å². The van der Waals surface area contributed by atoms with Crippen LogP contribution in [0.4, 0.5) is 5.69 Å². The quantitative estimate of drug-likeness (QED) is 0.760. The molecule has 0 fully saturated rings. The minimum atomic E-state index is -0.665. The molecule has 28 heavy (non-hydrogen) atoms. The largest absolute Gasteiger partial charge is 0.485 e. The first-order valence-electron chi connectivity index (χ1n) is 9.57. The van der Waals surface area contributed by atoms with E-state index in [1.807, 2.05) is 42.9 Å². The molecule has 142 valence electrons. The Kier molecular flexibility index (Phi) is 4.24. The zero-order chi connectivity index (χ0) is 18.9. The smallest absolute Gasteiger partial charge is 0.269 e. The van der Waals surface area contributed by atoms with Gasteiger partial charge in [0.15, 0.2) is 11.5 Å². The van der Waals surface area contributed by atoms with E-state index >= 15 is 0 Å². The predicted octanol–water partition coefficient (Wildman–Crippen LogP) is 3.59. The van der Waals surface area contributed by atoms with Gasteiger partial charge in [-0.1, -0.05) is 24.3 Å². The zero-order valence-corrected chi connectivity index (χ0v) is 15.4. The van der Waals surface area contributed by atoms with E-state index in [9.17, 15) is 4.79 Å². The SMILES string of the molecule is O=C(Nc1ccc([C@H]2CCCn3cncc32)cc1)[C@H]1COc2ccccc2O1. The lowest BCUT2D eigenvalue weighted by atomic mass is 9.89. The number of nitrogens with one attached hydrogen (secondary N) is 1. The number of para-hydroxylation sites is 2. The van der Waals surface area contributed by atoms with E-state index in [1.165, 1.54) is 11.3 Å². The highest BCUT2D eigenvalue weighted by atomic mass is 16.6. The van der Waals surface area contributed by atoms with Crippen molar-refractivity contribution in [1.82, 2.24) is 9.55 Å². The van der Waals surface area contributed by atoms with E-state index in [2.05, 4.69) is 27.0 Å². The fourth-order valence-electron chi connectivity index (χ4n) is 3.93. The first-order valence-corrected chi connectivity index (χ1v) is 9.57. The molecule has 0 aliphatic carbocycles. The summed E-state index contributed by atoms with van der Waals surface area (Å²) in [7, 11) is 0. The minimum Gasteiger partial charge on any atom is -0.485 e. The first-order chi connectivity index (χ1) is 13.8. The number of nitrogens with zero attached hydrogens (tertiary/aromatic N) is 2. The Morgan fingerprint density at radius 2 is 1.93 bits per heavy atom. The molecule has 3 aromatic rings. The highest BCUT2D eigenvalue weighted by Crippen LogP contribution is 2.34. The number of hydrogen-bond acceptors (Lipinski definition) is 4. The lowest BCUT2D eigenvalue weighted by molar-refractivity contribution is -0.125. The van der Waals surface area contributed by atoms with Gasteiger partial charge in [0.1, 0.15) is 6.61 Å². The Balaban J connectivity index is 1.27. The molecular formula is C22H21N3O3. The second-order valence-corrected chi connectivity index (χ2v) is 7.18. The van der Waals surface area contributed by atoms with Gasteiger partial charge in [0.05, 0.1) is 6.33 Å². The second kappa shape index (κ2) is 7.03. The average Bonchev–Trinajstić information content (AvgIpc) is 3.23. The van der Waals surface area contributed by atoms with Gasteiger partial charge in [-0.3, -0.25) is 4.79 Å². The zero-order valence-electron chi connectivity index (χ0n) is 15.4. The van der Waals surface area contributed by atoms with Crippen LogP contribution in [0.5, 0.6) is 11.5 Å². The molecule has 2 atom stereocenters. The van der Waals surface area contributed by atoms with Crippen molar-refractivity contribution in [2.24, 2.45) is 0 Å². The van der Waals surface area contributed by atoms with E-state index in [-0.39, 0.29) is 12.5 Å². The molecule has 2 aliphatic heterocycles. The summed E-state index contributed by atoms with van der Waals surface area (Å²) >= 11 is 0. The van der Waals surface area contributed by atoms with Crippen LogP contribution in [0.25, 0.3) is 0 Å². The number of carbonyl (C=O) groups is 1. The number of amides is 1. The molecule has 0 saturated heterocycles. The van der Waals surface area contributed by atoms with E-state index < -0.39 is 6.10 Å². The van der Waals surface area contributed by atoms with E-state index in [1.54, 1.807) is 6.07 Å². The van der Waals surface area contributed by atoms with Crippen molar-refractivity contribution >= 4 is 11.6 Å². The Morgan fingerprint density at radius 3 is 2.79 bits per heavy atom. The van der Waals surface area contributed by atoms with Crippen LogP contribution in [-0.4, -0.2) is 28.2 Å². The maximum absolute atomic E-state index is 12.6. The van der Waals surface area contributed by atoms with Crippen molar-refractivity contribution in [1.29, 1.82) is 0 Å². The van der Waals surface area contributed by atoms with Gasteiger partial charge in [-0.25, -0.2) is 4.98 Å². The molecule has 0 unspecified atom stereocenters. The maximum atomic E-state index is 12.6. The number of fused-ring (bicyclic) bond motifs is 2. The summed E-state index contributed by atoms with van der Waals surface area (Å²) in [6.07, 6.45) is 5.46. The predicted molar refractivity (Wildman–Crippen MR) is 105 cm³/mol. The molecule has 0 radical (unpaired) electrons. The summed E-state index contributed by atoms with van der Waals surface area (Å²) in [6, 6.07) is 15.4. The Bertz CT molecular complexity index is 996. The second-order valence-electron chi connectivity index (χ2n) is 7.18. The molecule has 1 N–H and O–H groups in total. The highest BCUT2D eigenvalue weighted by Gasteiger charge is 2.27. The lowest BCUT2D eigenvalue weighted by Crippen LogP contribution is -2.40. The summed E-state index contributed by atoms with van der Waals surface area (Å²) in [5.41, 5.74) is 3.25. The molecule has 2 aliphatic rings. The number of aryl methyl sites for hydroxylation is 1. The van der Waals surface area contributed by atoms with Crippen LogP contribution < -0.4 is 14.8 Å². The van der Waals surface area contributed by atoms with Crippen LogP contribution in [0.3, 0.4) is 0 Å². The average molecular weight is 375 g/mol. The number of hydrogen-bond donors (Lipinski definition) is 1. The van der Waals surface area contributed by atoms with Gasteiger partial charge in [0.25, 0.3) is 5.91 Å². The van der Waals surface area contributed by atoms with Crippen molar-refractivity contribution in [2.75, 3.05) is 11.9 Å². The fraction of sp³-hybridized carbons (Fsp3) is 0.273. The number of ether oxygens (including phenoxy) is 2. The third-order valence-electron chi connectivity index (χ3n) is 5.37. The summed E-state index contributed by atoms with van der Waals surface area (Å²) in [5, 5.41) is 2.93. The van der Waals surface area contributed by atoms with Crippen molar-refractivity contribution in [2.45, 2.75) is 31.4 Å². The van der Waals surface area contributed by atoms with E-state index in [0.29, 0.717) is 17.4 Å². The van der Waals surface area contributed by atoms with Crippen LogP contribution in [0.15, 0.2) is 61.1 Å². The van der Waals surface area contributed by atoms with Crippen LogP contribution >= 0.6 is 0 Å². The topological polar surface area (TPSA) is 65.4 Å². The monoisotopic (exact) mass is 375 g/mol. The molecule has 0 bridgehead atoms. The van der Waals surface area contributed by atoms with Crippen molar-refractivity contribution in [3.63, 3.8) is 0 Å². The summed E-state index contributed by atoms with van der Waals surface area (Å²) in [4.78, 5) is 16.8. The molecule has 6 nitrogen and oxygen atoms in total. The lowest BCUT2D eigenvalue weighted by Gasteiger charge is -2.26. The third kappa shape index (κ3) is 3.11. The van der Waals surface area contributed by atoms with Gasteiger partial charge in [-0.15, -0.1) is 0 Å². The minimum absolute atomic E-state index is 0.201. The van der Waals surface area contributed by atoms with Crippen molar-refractivity contribution < 1.29 is 14.3 Å². The van der Waals surface area contributed by atoms with Gasteiger partial charge >= 0.3 is 0 Å². The standard InChI is InChI=1S/C22H21N3O3/c26-22(21-13-27-19-5-1-2-6-20(19)28-21)24-16-9-7-15(8-10-16)17-4-3-11-25-14-23-12-18(17)25/h1-2,5-10,12,14,17,21H,3-4,11,13H2,(H,24,26)/t17-,21-/m1/s1. The van der Waals surface area contributed by atoms with Gasteiger partial charge in [0, 0.05) is 30.0 Å². The number of anilines is 1. The molecule has 1 aromatic heterocycles. The highest BCUT2D eigenvalue weighted by molar-refractivity contribution is 5.94. The molecule has 6 heteroatoms. The van der Waals surface area contributed by atoms with Crippen molar-refractivity contribution in [3.8, 4) is 11.5 Å². The molecular weight excluding hydrogens is 354 g/mol. The molecule has 1 amide bonds. The normalized spacial score (nSPS) is 20.3. The van der Waals surface area contributed by atoms with Gasteiger partial charge in [-0.2, -0.15) is 0 Å². The maximum Gasteiger partial charge on any atom is 0.269 e. The Morgan fingerprint density at radius 1 is 1.11 bits per heavy atom. The van der Waals surface area contributed by atoms with Crippen LogP contribution in [0.1, 0.15) is 30.0 Å². The summed E-state index contributed by atoms with van der Waals surface area (Å²) < 4.78 is 13.6. The number of rotatable bonds is 3. The van der Waals surface area contributed by atoms with Gasteiger partial charge < -0.3 is 19.4 Å². The van der Waals surface area contributed by atoms with Crippen LogP contribution in [0, 0.1) is 0 Å². The van der Waals surface area contributed by atoms with Crippen molar-refractivity contribution in [3.05, 3.63) is 72.3 Å². The molecule has 0 saturated carbocycles. The molecule has 2 aromatic carbocycles. The fourth-order valence-corrected chi connectivity index (χ4v) is 3.93. The van der Waals surface area contributed by atoms with E-state index in [4.69, 9.17) is 9.47 Å². The molecule has 5 rings (SSSR count). The summed E-state index contributed by atoms with van der Waals surface area (Å²) in [6.45, 7) is 1.24. The Hall–Kier alpha value is -3.28. The van der Waals surface area contributed by atoms with Gasteiger partial charge in [-0.05, 0) is 42.7 Å². The summed E-state index contributed by atoms with van der Waals surface area (Å²) in [5.74, 6) is 1.41. The number of imidazole rings is 1. The first kappa shape index (κ1) is 16.9. The molecule has 3 heterocycles. The number of aromatic nitrogens is 2. The van der Waals surface area contributed by atoms with Crippen LogP contribution in [-0.2, 0) is 11.3 Å². The van der Waals surface area contributed by atoms with Crippen LogP contribution in [0.2, 0.25) is 0 Å². The third-order valence-corrected chi connectivity index (χ3v) is 5.37. The van der Waals surface area contributed by atoms with E-state index in [0.717, 1.165) is 25.1 Å². The molecule has 0 spiro atoms. The number of benzene rings is 2. The van der Waals surface area contributed by atoms with Gasteiger partial charge in [0.2, 0.25) is 6.10 Å². The number of carbonyl (C=O) groups excluding carboxylic acids is 1.